The van der Waals surface area contributed by atoms with Gasteiger partial charge in [-0.25, -0.2) is 0 Å². The summed E-state index contributed by atoms with van der Waals surface area (Å²) in [6.07, 6.45) is 1.42. The van der Waals surface area contributed by atoms with Gasteiger partial charge in [-0.15, -0.1) is 0 Å². The Morgan fingerprint density at radius 3 is 2.81 bits per heavy atom. The van der Waals surface area contributed by atoms with Gasteiger partial charge in [0.25, 0.3) is 0 Å². The first kappa shape index (κ1) is 14.1. The zero-order valence-corrected chi connectivity index (χ0v) is 12.4. The molecule has 0 aromatic heterocycles. The lowest BCUT2D eigenvalue weighted by Crippen LogP contribution is -2.32. The monoisotopic (exact) mass is 300 g/mol. The van der Waals surface area contributed by atoms with Crippen LogP contribution in [0.15, 0.2) is 48.5 Å². The standard InChI is InChI=1S/C17H17ClN2O/c18-14-7-3-4-8-15(14)20-17(21)11-16-13-6-2-1-5-12(13)9-10-19-16/h1-8,16,19H,9-11H2,(H,20,21)/t16-/m1/s1. The van der Waals surface area contributed by atoms with Crippen LogP contribution in [0.5, 0.6) is 0 Å². The molecular weight excluding hydrogens is 284 g/mol. The largest absolute Gasteiger partial charge is 0.325 e. The Hall–Kier alpha value is -1.84. The number of halogens is 1. The third-order valence-electron chi connectivity index (χ3n) is 3.75. The van der Waals surface area contributed by atoms with Crippen LogP contribution >= 0.6 is 11.6 Å². The van der Waals surface area contributed by atoms with E-state index in [9.17, 15) is 4.79 Å². The minimum Gasteiger partial charge on any atom is -0.325 e. The van der Waals surface area contributed by atoms with Crippen LogP contribution in [0.1, 0.15) is 23.6 Å². The van der Waals surface area contributed by atoms with Gasteiger partial charge in [0.2, 0.25) is 5.91 Å². The lowest BCUT2D eigenvalue weighted by molar-refractivity contribution is -0.116. The van der Waals surface area contributed by atoms with Crippen LogP contribution in [-0.4, -0.2) is 12.5 Å². The van der Waals surface area contributed by atoms with Gasteiger partial charge in [-0.2, -0.15) is 0 Å². The first-order valence-electron chi connectivity index (χ1n) is 7.09. The van der Waals surface area contributed by atoms with Crippen LogP contribution < -0.4 is 10.6 Å². The molecule has 1 amide bonds. The first-order chi connectivity index (χ1) is 10.2. The highest BCUT2D eigenvalue weighted by Crippen LogP contribution is 2.26. The quantitative estimate of drug-likeness (QED) is 0.910. The fourth-order valence-electron chi connectivity index (χ4n) is 2.72. The van der Waals surface area contributed by atoms with Crippen LogP contribution in [0.2, 0.25) is 5.02 Å². The molecule has 2 N–H and O–H groups in total. The molecule has 2 aromatic carbocycles. The molecule has 0 saturated heterocycles. The Kier molecular flexibility index (Phi) is 4.23. The predicted octanol–water partition coefficient (Wildman–Crippen LogP) is 3.56. The molecule has 0 bridgehead atoms. The Morgan fingerprint density at radius 2 is 1.95 bits per heavy atom. The second kappa shape index (κ2) is 6.29. The molecule has 21 heavy (non-hydrogen) atoms. The second-order valence-corrected chi connectivity index (χ2v) is 5.59. The molecule has 1 aliphatic heterocycles. The molecule has 3 rings (SSSR count). The van der Waals surface area contributed by atoms with Crippen LogP contribution in [0.4, 0.5) is 5.69 Å². The summed E-state index contributed by atoms with van der Waals surface area (Å²) >= 11 is 6.06. The van der Waals surface area contributed by atoms with Gasteiger partial charge in [-0.05, 0) is 36.2 Å². The molecule has 0 aliphatic carbocycles. The third-order valence-corrected chi connectivity index (χ3v) is 4.08. The number of anilines is 1. The molecule has 0 radical (unpaired) electrons. The molecule has 0 saturated carbocycles. The highest BCUT2D eigenvalue weighted by Gasteiger charge is 2.21. The van der Waals surface area contributed by atoms with E-state index in [-0.39, 0.29) is 11.9 Å². The summed E-state index contributed by atoms with van der Waals surface area (Å²) in [5.74, 6) is -0.0303. The molecule has 1 aliphatic rings. The van der Waals surface area contributed by atoms with Gasteiger partial charge in [0, 0.05) is 12.5 Å². The summed E-state index contributed by atoms with van der Waals surface area (Å²) in [5, 5.41) is 6.85. The second-order valence-electron chi connectivity index (χ2n) is 5.19. The van der Waals surface area contributed by atoms with Crippen LogP contribution in [-0.2, 0) is 11.2 Å². The van der Waals surface area contributed by atoms with Gasteiger partial charge in [-0.3, -0.25) is 4.79 Å². The van der Waals surface area contributed by atoms with Gasteiger partial charge >= 0.3 is 0 Å². The third kappa shape index (κ3) is 3.26. The van der Waals surface area contributed by atoms with Crippen molar-refractivity contribution in [2.75, 3.05) is 11.9 Å². The van der Waals surface area contributed by atoms with Crippen molar-refractivity contribution < 1.29 is 4.79 Å². The highest BCUT2D eigenvalue weighted by atomic mass is 35.5. The number of hydrogen-bond acceptors (Lipinski definition) is 2. The predicted molar refractivity (Wildman–Crippen MR) is 85.6 cm³/mol. The molecule has 1 atom stereocenters. The Bertz CT molecular complexity index is 657. The van der Waals surface area contributed by atoms with Crippen LogP contribution in [0, 0.1) is 0 Å². The molecule has 4 heteroatoms. The Morgan fingerprint density at radius 1 is 1.19 bits per heavy atom. The van der Waals surface area contributed by atoms with Gasteiger partial charge in [0.05, 0.1) is 10.7 Å². The van der Waals surface area contributed by atoms with Crippen molar-refractivity contribution in [3.8, 4) is 0 Å². The number of benzene rings is 2. The van der Waals surface area contributed by atoms with Gasteiger partial charge < -0.3 is 10.6 Å². The van der Waals surface area contributed by atoms with E-state index < -0.39 is 0 Å². The lowest BCUT2D eigenvalue weighted by Gasteiger charge is -2.26. The van der Waals surface area contributed by atoms with E-state index in [2.05, 4.69) is 22.8 Å². The number of nitrogens with one attached hydrogen (secondary N) is 2. The molecule has 108 valence electrons. The van der Waals surface area contributed by atoms with Crippen LogP contribution in [0.25, 0.3) is 0 Å². The fraction of sp³-hybridized carbons (Fsp3) is 0.235. The van der Waals surface area contributed by atoms with E-state index in [1.807, 2.05) is 30.3 Å². The fourth-order valence-corrected chi connectivity index (χ4v) is 2.91. The SMILES string of the molecule is O=C(C[C@H]1NCCc2ccccc21)Nc1ccccc1Cl. The number of carbonyl (C=O) groups is 1. The van der Waals surface area contributed by atoms with Crippen LogP contribution in [0.3, 0.4) is 0 Å². The summed E-state index contributed by atoms with van der Waals surface area (Å²) in [6.45, 7) is 0.904. The van der Waals surface area contributed by atoms with Crippen molar-refractivity contribution >= 4 is 23.2 Å². The maximum atomic E-state index is 12.2. The molecule has 0 spiro atoms. The maximum absolute atomic E-state index is 12.2. The maximum Gasteiger partial charge on any atom is 0.226 e. The summed E-state index contributed by atoms with van der Waals surface area (Å²) in [5.41, 5.74) is 3.21. The normalized spacial score (nSPS) is 17.1. The topological polar surface area (TPSA) is 41.1 Å². The number of para-hydroxylation sites is 1. The van der Waals surface area contributed by atoms with Crippen molar-refractivity contribution in [3.05, 3.63) is 64.7 Å². The van der Waals surface area contributed by atoms with Crippen molar-refractivity contribution in [1.82, 2.24) is 5.32 Å². The molecule has 2 aromatic rings. The first-order valence-corrected chi connectivity index (χ1v) is 7.47. The Labute approximate surface area is 129 Å². The molecule has 3 nitrogen and oxygen atoms in total. The van der Waals surface area contributed by atoms with Gasteiger partial charge in [0.1, 0.15) is 0 Å². The molecule has 1 heterocycles. The van der Waals surface area contributed by atoms with Crippen molar-refractivity contribution in [1.29, 1.82) is 0 Å². The number of amides is 1. The van der Waals surface area contributed by atoms with Gasteiger partial charge in [0.15, 0.2) is 0 Å². The van der Waals surface area contributed by atoms with E-state index in [0.29, 0.717) is 17.1 Å². The van der Waals surface area contributed by atoms with Crippen molar-refractivity contribution in [3.63, 3.8) is 0 Å². The number of fused-ring (bicyclic) bond motifs is 1. The van der Waals surface area contributed by atoms with E-state index in [1.54, 1.807) is 6.07 Å². The lowest BCUT2D eigenvalue weighted by atomic mass is 9.92. The average Bonchev–Trinajstić information content (AvgIpc) is 2.50. The van der Waals surface area contributed by atoms with E-state index in [1.165, 1.54) is 11.1 Å². The molecule has 0 unspecified atom stereocenters. The summed E-state index contributed by atoms with van der Waals surface area (Å²) in [7, 11) is 0. The van der Waals surface area contributed by atoms with E-state index >= 15 is 0 Å². The number of carbonyl (C=O) groups excluding carboxylic acids is 1. The molecule has 0 fully saturated rings. The van der Waals surface area contributed by atoms with Gasteiger partial charge in [-0.1, -0.05) is 48.0 Å². The minimum absolute atomic E-state index is 0.0303. The summed E-state index contributed by atoms with van der Waals surface area (Å²) < 4.78 is 0. The minimum atomic E-state index is -0.0303. The number of hydrogen-bond donors (Lipinski definition) is 2. The van der Waals surface area contributed by atoms with E-state index in [0.717, 1.165) is 13.0 Å². The van der Waals surface area contributed by atoms with Crippen molar-refractivity contribution in [2.45, 2.75) is 18.9 Å². The van der Waals surface area contributed by atoms with E-state index in [4.69, 9.17) is 11.6 Å². The number of rotatable bonds is 3. The average molecular weight is 301 g/mol. The zero-order chi connectivity index (χ0) is 14.7. The van der Waals surface area contributed by atoms with Crippen molar-refractivity contribution in [2.24, 2.45) is 0 Å². The highest BCUT2D eigenvalue weighted by molar-refractivity contribution is 6.33. The summed E-state index contributed by atoms with van der Waals surface area (Å²) in [6, 6.07) is 15.6. The zero-order valence-electron chi connectivity index (χ0n) is 11.6. The summed E-state index contributed by atoms with van der Waals surface area (Å²) in [4.78, 5) is 12.2. The molecular formula is C17H17ClN2O. The smallest absolute Gasteiger partial charge is 0.226 e. The Balaban J connectivity index is 1.70.